The van der Waals surface area contributed by atoms with Gasteiger partial charge in [-0.25, -0.2) is 0 Å². The summed E-state index contributed by atoms with van der Waals surface area (Å²) in [6, 6.07) is 12.0. The van der Waals surface area contributed by atoms with Gasteiger partial charge in [0.05, 0.1) is 31.8 Å². The van der Waals surface area contributed by atoms with Crippen molar-refractivity contribution in [3.63, 3.8) is 0 Å². The predicted octanol–water partition coefficient (Wildman–Crippen LogP) is 7.89. The minimum absolute atomic E-state index is 0.103. The molecule has 2 atom stereocenters. The minimum Gasteiger partial charge on any atom is -0.508 e. The maximum atomic E-state index is 10.3. The summed E-state index contributed by atoms with van der Waals surface area (Å²) in [7, 11) is 0. The van der Waals surface area contributed by atoms with Gasteiger partial charge in [-0.05, 0) is 82.7 Å². The first kappa shape index (κ1) is 31.8. The molecule has 2 heterocycles. The van der Waals surface area contributed by atoms with E-state index in [9.17, 15) is 10.2 Å². The molecule has 6 nitrogen and oxygen atoms in total. The Morgan fingerprint density at radius 1 is 0.659 bits per heavy atom. The number of hydrogen-bond donors (Lipinski definition) is 2. The van der Waals surface area contributed by atoms with E-state index in [0.29, 0.717) is 49.8 Å². The molecule has 1 spiro atoms. The van der Waals surface area contributed by atoms with Crippen molar-refractivity contribution in [1.29, 1.82) is 0 Å². The van der Waals surface area contributed by atoms with Crippen LogP contribution in [0.3, 0.4) is 0 Å². The van der Waals surface area contributed by atoms with Gasteiger partial charge in [0.1, 0.15) is 11.5 Å². The molecule has 2 aliphatic rings. The standard InChI is InChI=1S/C35H52O6/c1-23(25-11-13-29(36)27(17-25)33(3,4)5)9-15-31-38-19-35(20-39-31)21-40-32(41-22-35)16-10-24(2)26-12-14-30(37)28(18-26)34(6,7)8/h11-14,17-18,23-24,31-32,36-37H,9-10,15-16,19-22H2,1-8H3. The van der Waals surface area contributed by atoms with Gasteiger partial charge in [0.15, 0.2) is 12.6 Å². The van der Waals surface area contributed by atoms with Crippen LogP contribution in [0.4, 0.5) is 0 Å². The van der Waals surface area contributed by atoms with Crippen LogP contribution in [0.15, 0.2) is 36.4 Å². The first-order valence-corrected chi connectivity index (χ1v) is 15.3. The highest BCUT2D eigenvalue weighted by molar-refractivity contribution is 5.42. The summed E-state index contributed by atoms with van der Waals surface area (Å²) in [6.45, 7) is 19.5. The average molecular weight is 569 g/mol. The topological polar surface area (TPSA) is 77.4 Å². The molecule has 4 rings (SSSR count). The number of aromatic hydroxyl groups is 2. The fourth-order valence-corrected chi connectivity index (χ4v) is 5.79. The van der Waals surface area contributed by atoms with Crippen molar-refractivity contribution in [2.45, 2.75) is 116 Å². The van der Waals surface area contributed by atoms with Crippen molar-refractivity contribution in [1.82, 2.24) is 0 Å². The van der Waals surface area contributed by atoms with Crippen molar-refractivity contribution in [2.75, 3.05) is 26.4 Å². The lowest BCUT2D eigenvalue weighted by Crippen LogP contribution is -2.52. The van der Waals surface area contributed by atoms with Crippen molar-refractivity contribution < 1.29 is 29.2 Å². The highest BCUT2D eigenvalue weighted by Gasteiger charge is 2.42. The molecule has 0 saturated carbocycles. The highest BCUT2D eigenvalue weighted by Crippen LogP contribution is 2.37. The van der Waals surface area contributed by atoms with E-state index in [1.165, 1.54) is 11.1 Å². The van der Waals surface area contributed by atoms with Crippen LogP contribution in [0, 0.1) is 5.41 Å². The molecular weight excluding hydrogens is 516 g/mol. The van der Waals surface area contributed by atoms with Crippen molar-refractivity contribution in [2.24, 2.45) is 5.41 Å². The lowest BCUT2D eigenvalue weighted by atomic mass is 9.83. The lowest BCUT2D eigenvalue weighted by Gasteiger charge is -2.44. The molecule has 0 aromatic heterocycles. The molecule has 2 aromatic rings. The minimum atomic E-state index is -0.249. The largest absolute Gasteiger partial charge is 0.508 e. The number of ether oxygens (including phenoxy) is 4. The van der Waals surface area contributed by atoms with Gasteiger partial charge in [-0.2, -0.15) is 0 Å². The zero-order valence-corrected chi connectivity index (χ0v) is 26.5. The molecule has 2 unspecified atom stereocenters. The third-order valence-corrected chi connectivity index (χ3v) is 8.77. The Hall–Kier alpha value is -2.12. The Morgan fingerprint density at radius 3 is 1.32 bits per heavy atom. The van der Waals surface area contributed by atoms with Crippen LogP contribution in [-0.2, 0) is 29.8 Å². The van der Waals surface area contributed by atoms with E-state index in [0.717, 1.165) is 36.8 Å². The predicted molar refractivity (Wildman–Crippen MR) is 163 cm³/mol. The Bertz CT molecular complexity index is 1050. The normalized spacial score (nSPS) is 25.3. The van der Waals surface area contributed by atoms with Crippen LogP contribution >= 0.6 is 0 Å². The summed E-state index contributed by atoms with van der Waals surface area (Å²) in [6.07, 6.45) is 3.08. The molecule has 0 amide bonds. The number of benzene rings is 2. The monoisotopic (exact) mass is 568 g/mol. The van der Waals surface area contributed by atoms with Crippen LogP contribution in [-0.4, -0.2) is 49.2 Å². The molecule has 228 valence electrons. The molecule has 2 fully saturated rings. The van der Waals surface area contributed by atoms with Crippen LogP contribution in [0.5, 0.6) is 11.5 Å². The van der Waals surface area contributed by atoms with Gasteiger partial charge < -0.3 is 29.2 Å². The Morgan fingerprint density at radius 2 is 1.00 bits per heavy atom. The smallest absolute Gasteiger partial charge is 0.157 e. The summed E-state index contributed by atoms with van der Waals surface area (Å²) in [5.74, 6) is 1.40. The zero-order valence-electron chi connectivity index (χ0n) is 26.5. The van der Waals surface area contributed by atoms with Gasteiger partial charge >= 0.3 is 0 Å². The van der Waals surface area contributed by atoms with Crippen LogP contribution < -0.4 is 0 Å². The molecule has 2 aliphatic heterocycles. The Balaban J connectivity index is 1.20. The fraction of sp³-hybridized carbons (Fsp3) is 0.657. The van der Waals surface area contributed by atoms with Crippen LogP contribution in [0.2, 0.25) is 0 Å². The molecular formula is C35H52O6. The van der Waals surface area contributed by atoms with Gasteiger partial charge in [-0.3, -0.25) is 0 Å². The maximum absolute atomic E-state index is 10.3. The SMILES string of the molecule is CC(CCC1OCC2(CO1)COC(CCC(C)c1ccc(O)c(C(C)(C)C)c1)OC2)c1ccc(O)c(C(C)(C)C)c1. The fourth-order valence-electron chi connectivity index (χ4n) is 5.79. The highest BCUT2D eigenvalue weighted by atomic mass is 16.7. The average Bonchev–Trinajstić information content (AvgIpc) is 2.91. The second-order valence-corrected chi connectivity index (χ2v) is 14.6. The Labute approximate surface area is 247 Å². The summed E-state index contributed by atoms with van der Waals surface area (Å²) in [5.41, 5.74) is 3.97. The molecule has 6 heteroatoms. The van der Waals surface area contributed by atoms with E-state index in [-0.39, 0.29) is 28.8 Å². The van der Waals surface area contributed by atoms with E-state index < -0.39 is 0 Å². The van der Waals surface area contributed by atoms with E-state index in [4.69, 9.17) is 18.9 Å². The van der Waals surface area contributed by atoms with Crippen molar-refractivity contribution in [3.05, 3.63) is 58.7 Å². The molecule has 0 radical (unpaired) electrons. The summed E-state index contributed by atoms with van der Waals surface area (Å²) < 4.78 is 24.6. The van der Waals surface area contributed by atoms with Crippen molar-refractivity contribution in [3.8, 4) is 11.5 Å². The second-order valence-electron chi connectivity index (χ2n) is 14.6. The van der Waals surface area contributed by atoms with Crippen molar-refractivity contribution >= 4 is 0 Å². The number of phenolic OH excluding ortho intramolecular Hbond substituents is 2. The van der Waals surface area contributed by atoms with Crippen LogP contribution in [0.1, 0.15) is 115 Å². The van der Waals surface area contributed by atoms with E-state index in [2.05, 4.69) is 67.5 Å². The summed E-state index contributed by atoms with van der Waals surface area (Å²) in [5, 5.41) is 20.6. The number of hydrogen-bond acceptors (Lipinski definition) is 6. The number of rotatable bonds is 8. The lowest BCUT2D eigenvalue weighted by molar-refractivity contribution is -0.304. The van der Waals surface area contributed by atoms with Gasteiger partial charge in [-0.15, -0.1) is 0 Å². The third-order valence-electron chi connectivity index (χ3n) is 8.77. The van der Waals surface area contributed by atoms with Gasteiger partial charge in [0.25, 0.3) is 0 Å². The molecule has 0 bridgehead atoms. The number of phenols is 2. The van der Waals surface area contributed by atoms with Gasteiger partial charge in [0.2, 0.25) is 0 Å². The molecule has 2 N–H and O–H groups in total. The quantitative estimate of drug-likeness (QED) is 0.337. The third kappa shape index (κ3) is 8.04. The van der Waals surface area contributed by atoms with E-state index in [1.54, 1.807) is 0 Å². The van der Waals surface area contributed by atoms with Gasteiger partial charge in [0, 0.05) is 0 Å². The molecule has 2 saturated heterocycles. The first-order chi connectivity index (χ1) is 19.2. The zero-order chi connectivity index (χ0) is 30.0. The molecule has 41 heavy (non-hydrogen) atoms. The molecule has 2 aromatic carbocycles. The Kier molecular flexibility index (Phi) is 9.80. The van der Waals surface area contributed by atoms with Crippen LogP contribution in [0.25, 0.3) is 0 Å². The first-order valence-electron chi connectivity index (χ1n) is 15.3. The van der Waals surface area contributed by atoms with Gasteiger partial charge in [-0.1, -0.05) is 79.7 Å². The maximum Gasteiger partial charge on any atom is 0.157 e. The summed E-state index contributed by atoms with van der Waals surface area (Å²) >= 11 is 0. The van der Waals surface area contributed by atoms with E-state index >= 15 is 0 Å². The second kappa shape index (κ2) is 12.6. The summed E-state index contributed by atoms with van der Waals surface area (Å²) in [4.78, 5) is 0. The molecule has 0 aliphatic carbocycles. The van der Waals surface area contributed by atoms with E-state index in [1.807, 2.05) is 24.3 Å².